The summed E-state index contributed by atoms with van der Waals surface area (Å²) in [6.45, 7) is 8.93. The summed E-state index contributed by atoms with van der Waals surface area (Å²) < 4.78 is 4.97. The summed E-state index contributed by atoms with van der Waals surface area (Å²) in [6.07, 6.45) is 2.48. The third-order valence-corrected chi connectivity index (χ3v) is 5.29. The van der Waals surface area contributed by atoms with Gasteiger partial charge in [0.25, 0.3) is 0 Å². The van der Waals surface area contributed by atoms with E-state index in [1.54, 1.807) is 12.0 Å². The van der Waals surface area contributed by atoms with E-state index in [-0.39, 0.29) is 35.1 Å². The Morgan fingerprint density at radius 2 is 1.85 bits per heavy atom. The first-order valence-electron chi connectivity index (χ1n) is 9.60. The van der Waals surface area contributed by atoms with Crippen LogP contribution >= 0.6 is 0 Å². The van der Waals surface area contributed by atoms with Gasteiger partial charge in [-0.1, -0.05) is 0 Å². The van der Waals surface area contributed by atoms with Gasteiger partial charge in [-0.3, -0.25) is 14.4 Å². The van der Waals surface area contributed by atoms with Crippen molar-refractivity contribution in [1.29, 1.82) is 0 Å². The Labute approximate surface area is 156 Å². The van der Waals surface area contributed by atoms with Crippen LogP contribution in [0.3, 0.4) is 0 Å². The predicted octanol–water partition coefficient (Wildman–Crippen LogP) is 1.02. The number of piperidine rings is 1. The first-order chi connectivity index (χ1) is 12.2. The fraction of sp³-hybridized carbons (Fsp3) is 0.842. The SMILES string of the molecule is COCCCNC(=O)C1CCN(C(=O)C2CC(=O)N(C(C)(C)C)C2)CC1. The molecule has 7 nitrogen and oxygen atoms in total. The van der Waals surface area contributed by atoms with Gasteiger partial charge in [0.15, 0.2) is 0 Å². The van der Waals surface area contributed by atoms with Gasteiger partial charge in [0.1, 0.15) is 0 Å². The van der Waals surface area contributed by atoms with Gasteiger partial charge >= 0.3 is 0 Å². The number of amides is 3. The van der Waals surface area contributed by atoms with Gasteiger partial charge in [0.05, 0.1) is 5.92 Å². The largest absolute Gasteiger partial charge is 0.385 e. The molecule has 26 heavy (non-hydrogen) atoms. The first-order valence-corrected chi connectivity index (χ1v) is 9.60. The minimum absolute atomic E-state index is 0.0297. The lowest BCUT2D eigenvalue weighted by atomic mass is 9.94. The molecule has 0 aromatic heterocycles. The van der Waals surface area contributed by atoms with Crippen molar-refractivity contribution in [2.75, 3.05) is 39.9 Å². The van der Waals surface area contributed by atoms with Gasteiger partial charge in [0.2, 0.25) is 17.7 Å². The average molecular weight is 367 g/mol. The Hall–Kier alpha value is -1.63. The first kappa shape index (κ1) is 20.7. The van der Waals surface area contributed by atoms with Crippen molar-refractivity contribution in [3.05, 3.63) is 0 Å². The molecule has 2 fully saturated rings. The predicted molar refractivity (Wildman–Crippen MR) is 98.4 cm³/mol. The zero-order valence-corrected chi connectivity index (χ0v) is 16.5. The molecular formula is C19H33N3O4. The molecule has 3 amide bonds. The number of nitrogens with zero attached hydrogens (tertiary/aromatic N) is 2. The maximum Gasteiger partial charge on any atom is 0.227 e. The van der Waals surface area contributed by atoms with Crippen LogP contribution in [0, 0.1) is 11.8 Å². The Bertz CT molecular complexity index is 521. The number of likely N-dealkylation sites (tertiary alicyclic amines) is 2. The minimum Gasteiger partial charge on any atom is -0.385 e. The molecule has 1 atom stereocenters. The number of carbonyl (C=O) groups is 3. The number of ether oxygens (including phenoxy) is 1. The molecule has 0 aromatic rings. The van der Waals surface area contributed by atoms with Crippen LogP contribution in [0.25, 0.3) is 0 Å². The van der Waals surface area contributed by atoms with Crippen LogP contribution in [0.5, 0.6) is 0 Å². The zero-order chi connectivity index (χ0) is 19.3. The van der Waals surface area contributed by atoms with Crippen LogP contribution in [0.4, 0.5) is 0 Å². The molecule has 0 radical (unpaired) electrons. The topological polar surface area (TPSA) is 79.0 Å². The van der Waals surface area contributed by atoms with Crippen LogP contribution in [0.1, 0.15) is 46.5 Å². The second kappa shape index (κ2) is 8.84. The van der Waals surface area contributed by atoms with Gasteiger partial charge < -0.3 is 19.9 Å². The van der Waals surface area contributed by atoms with Crippen LogP contribution in [-0.2, 0) is 19.1 Å². The highest BCUT2D eigenvalue weighted by Crippen LogP contribution is 2.28. The normalized spacial score (nSPS) is 22.0. The van der Waals surface area contributed by atoms with Gasteiger partial charge in [-0.05, 0) is 40.0 Å². The van der Waals surface area contributed by atoms with Crippen molar-refractivity contribution < 1.29 is 19.1 Å². The lowest BCUT2D eigenvalue weighted by Gasteiger charge is -2.34. The number of nitrogens with one attached hydrogen (secondary N) is 1. The molecule has 0 aliphatic carbocycles. The summed E-state index contributed by atoms with van der Waals surface area (Å²) in [5.41, 5.74) is -0.250. The van der Waals surface area contributed by atoms with E-state index < -0.39 is 0 Å². The lowest BCUT2D eigenvalue weighted by molar-refractivity contribution is -0.139. The minimum atomic E-state index is -0.250. The van der Waals surface area contributed by atoms with Gasteiger partial charge in [-0.15, -0.1) is 0 Å². The second-order valence-corrected chi connectivity index (χ2v) is 8.31. The summed E-state index contributed by atoms with van der Waals surface area (Å²) in [7, 11) is 1.65. The van der Waals surface area contributed by atoms with E-state index >= 15 is 0 Å². The van der Waals surface area contributed by atoms with Crippen LogP contribution < -0.4 is 5.32 Å². The van der Waals surface area contributed by atoms with Gasteiger partial charge in [-0.2, -0.15) is 0 Å². The van der Waals surface area contributed by atoms with E-state index in [1.165, 1.54) is 0 Å². The zero-order valence-electron chi connectivity index (χ0n) is 16.5. The number of rotatable bonds is 6. The second-order valence-electron chi connectivity index (χ2n) is 8.31. The molecule has 1 unspecified atom stereocenters. The van der Waals surface area contributed by atoms with Crippen molar-refractivity contribution in [2.45, 2.75) is 52.0 Å². The summed E-state index contributed by atoms with van der Waals surface area (Å²) in [6, 6.07) is 0. The summed E-state index contributed by atoms with van der Waals surface area (Å²) in [5.74, 6) is -0.0904. The van der Waals surface area contributed by atoms with Crippen LogP contribution in [0.15, 0.2) is 0 Å². The fourth-order valence-electron chi connectivity index (χ4n) is 3.71. The van der Waals surface area contributed by atoms with E-state index in [9.17, 15) is 14.4 Å². The molecule has 0 spiro atoms. The molecule has 2 aliphatic heterocycles. The Morgan fingerprint density at radius 1 is 1.19 bits per heavy atom. The van der Waals surface area contributed by atoms with Gasteiger partial charge in [0, 0.05) is 57.8 Å². The smallest absolute Gasteiger partial charge is 0.227 e. The van der Waals surface area contributed by atoms with Crippen molar-refractivity contribution in [3.63, 3.8) is 0 Å². The molecular weight excluding hydrogens is 334 g/mol. The van der Waals surface area contributed by atoms with E-state index in [2.05, 4.69) is 5.32 Å². The highest BCUT2D eigenvalue weighted by atomic mass is 16.5. The molecule has 0 bridgehead atoms. The molecule has 1 N–H and O–H groups in total. The molecule has 0 saturated carbocycles. The fourth-order valence-corrected chi connectivity index (χ4v) is 3.71. The van der Waals surface area contributed by atoms with Crippen molar-refractivity contribution in [1.82, 2.24) is 15.1 Å². The van der Waals surface area contributed by atoms with E-state index in [4.69, 9.17) is 4.74 Å². The average Bonchev–Trinajstić information content (AvgIpc) is 3.00. The highest BCUT2D eigenvalue weighted by Gasteiger charge is 2.41. The summed E-state index contributed by atoms with van der Waals surface area (Å²) >= 11 is 0. The number of hydrogen-bond donors (Lipinski definition) is 1. The standard InChI is InChI=1S/C19H33N3O4/c1-19(2,3)22-13-15(12-16(22)23)18(25)21-9-6-14(7-10-21)17(24)20-8-5-11-26-4/h14-15H,5-13H2,1-4H3,(H,20,24). The lowest BCUT2D eigenvalue weighted by Crippen LogP contribution is -2.46. The van der Waals surface area contributed by atoms with Gasteiger partial charge in [-0.25, -0.2) is 0 Å². The van der Waals surface area contributed by atoms with Crippen molar-refractivity contribution in [2.24, 2.45) is 11.8 Å². The van der Waals surface area contributed by atoms with Crippen LogP contribution in [0.2, 0.25) is 0 Å². The Morgan fingerprint density at radius 3 is 2.38 bits per heavy atom. The summed E-state index contributed by atoms with van der Waals surface area (Å²) in [5, 5.41) is 2.94. The Kier molecular flexibility index (Phi) is 7.03. The Balaban J connectivity index is 1.78. The molecule has 2 aliphatic rings. The molecule has 2 heterocycles. The van der Waals surface area contributed by atoms with Crippen LogP contribution in [-0.4, -0.2) is 73.0 Å². The van der Waals surface area contributed by atoms with E-state index in [0.717, 1.165) is 6.42 Å². The highest BCUT2D eigenvalue weighted by molar-refractivity contribution is 5.90. The summed E-state index contributed by atoms with van der Waals surface area (Å²) in [4.78, 5) is 40.8. The number of hydrogen-bond acceptors (Lipinski definition) is 4. The third-order valence-electron chi connectivity index (χ3n) is 5.29. The van der Waals surface area contributed by atoms with Crippen molar-refractivity contribution in [3.8, 4) is 0 Å². The van der Waals surface area contributed by atoms with E-state index in [0.29, 0.717) is 52.0 Å². The molecule has 2 saturated heterocycles. The molecule has 0 aromatic carbocycles. The maximum absolute atomic E-state index is 12.8. The van der Waals surface area contributed by atoms with Crippen molar-refractivity contribution >= 4 is 17.7 Å². The molecule has 7 heteroatoms. The quantitative estimate of drug-likeness (QED) is 0.711. The number of carbonyl (C=O) groups excluding carboxylic acids is 3. The maximum atomic E-state index is 12.8. The monoisotopic (exact) mass is 367 g/mol. The molecule has 148 valence electrons. The molecule has 2 rings (SSSR count). The van der Waals surface area contributed by atoms with E-state index in [1.807, 2.05) is 25.7 Å². The third kappa shape index (κ3) is 5.19. The number of methoxy groups -OCH3 is 1.